The predicted molar refractivity (Wildman–Crippen MR) is 126 cm³/mol. The fourth-order valence-corrected chi connectivity index (χ4v) is 5.10. The molecule has 1 saturated carbocycles. The summed E-state index contributed by atoms with van der Waals surface area (Å²) < 4.78 is 11.1. The van der Waals surface area contributed by atoms with Crippen molar-refractivity contribution in [1.29, 1.82) is 0 Å². The number of likely N-dealkylation sites (tertiary alicyclic amines) is 1. The molecule has 1 N–H and O–H groups in total. The number of nitrogens with zero attached hydrogens (tertiary/aromatic N) is 1. The van der Waals surface area contributed by atoms with Crippen LogP contribution < -0.4 is 9.47 Å². The highest BCUT2D eigenvalue weighted by atomic mass is 16.5. The molecule has 0 radical (unpaired) electrons. The Morgan fingerprint density at radius 3 is 2.30 bits per heavy atom. The van der Waals surface area contributed by atoms with Crippen LogP contribution in [0, 0.1) is 0 Å². The Kier molecular flexibility index (Phi) is 6.45. The smallest absolute Gasteiger partial charge is 0.295 e. The van der Waals surface area contributed by atoms with Crippen molar-refractivity contribution in [2.24, 2.45) is 0 Å². The van der Waals surface area contributed by atoms with Gasteiger partial charge in [0, 0.05) is 17.2 Å². The van der Waals surface area contributed by atoms with Gasteiger partial charge in [-0.1, -0.05) is 44.9 Å². The number of rotatable bonds is 6. The van der Waals surface area contributed by atoms with Crippen LogP contribution in [0.25, 0.3) is 5.76 Å². The lowest BCUT2D eigenvalue weighted by Gasteiger charge is -2.31. The van der Waals surface area contributed by atoms with Crippen molar-refractivity contribution in [1.82, 2.24) is 4.90 Å². The van der Waals surface area contributed by atoms with Gasteiger partial charge in [0.25, 0.3) is 11.7 Å². The number of methoxy groups -OCH3 is 2. The number of hydrogen-bond donors (Lipinski definition) is 1. The summed E-state index contributed by atoms with van der Waals surface area (Å²) in [6, 6.07) is 12.0. The highest BCUT2D eigenvalue weighted by Crippen LogP contribution is 2.46. The van der Waals surface area contributed by atoms with E-state index in [0.717, 1.165) is 31.2 Å². The van der Waals surface area contributed by atoms with Gasteiger partial charge in [-0.2, -0.15) is 0 Å². The normalized spacial score (nSPS) is 20.6. The number of ketones is 1. The zero-order valence-electron chi connectivity index (χ0n) is 19.6. The van der Waals surface area contributed by atoms with Gasteiger partial charge in [0.15, 0.2) is 0 Å². The maximum absolute atomic E-state index is 13.3. The first kappa shape index (κ1) is 22.9. The topological polar surface area (TPSA) is 76.1 Å². The Morgan fingerprint density at radius 1 is 1.00 bits per heavy atom. The number of benzene rings is 2. The van der Waals surface area contributed by atoms with Crippen LogP contribution in [-0.4, -0.2) is 42.0 Å². The summed E-state index contributed by atoms with van der Waals surface area (Å²) in [6.07, 6.45) is 3.72. The number of hydrogen-bond acceptors (Lipinski definition) is 5. The average molecular weight is 450 g/mol. The lowest BCUT2D eigenvalue weighted by Crippen LogP contribution is -2.37. The molecule has 6 nitrogen and oxygen atoms in total. The molecule has 174 valence electrons. The molecular weight excluding hydrogens is 418 g/mol. The summed E-state index contributed by atoms with van der Waals surface area (Å²) in [4.78, 5) is 28.3. The summed E-state index contributed by atoms with van der Waals surface area (Å²) >= 11 is 0. The van der Waals surface area contributed by atoms with Gasteiger partial charge in [-0.3, -0.25) is 9.59 Å². The summed E-state index contributed by atoms with van der Waals surface area (Å²) in [5.74, 6) is 0.0622. The third kappa shape index (κ3) is 3.99. The van der Waals surface area contributed by atoms with E-state index >= 15 is 0 Å². The van der Waals surface area contributed by atoms with Crippen molar-refractivity contribution >= 4 is 17.4 Å². The number of ether oxygens (including phenoxy) is 2. The molecule has 1 atom stereocenters. The number of aliphatic hydroxyl groups excluding tert-OH is 1. The Hall–Kier alpha value is -3.28. The van der Waals surface area contributed by atoms with Gasteiger partial charge in [0.05, 0.1) is 25.8 Å². The van der Waals surface area contributed by atoms with Crippen LogP contribution in [0.3, 0.4) is 0 Å². The fourth-order valence-electron chi connectivity index (χ4n) is 5.10. The second kappa shape index (κ2) is 9.30. The molecule has 33 heavy (non-hydrogen) atoms. The molecule has 4 rings (SSSR count). The number of carbonyl (C=O) groups excluding carboxylic acids is 2. The van der Waals surface area contributed by atoms with Gasteiger partial charge in [-0.15, -0.1) is 0 Å². The van der Waals surface area contributed by atoms with Gasteiger partial charge in [-0.05, 0) is 48.6 Å². The number of Topliss-reactive ketones (excluding diaryl/α,β-unsaturated/α-hetero) is 1. The molecule has 0 aromatic heterocycles. The van der Waals surface area contributed by atoms with Crippen LogP contribution in [0.1, 0.15) is 68.2 Å². The first-order valence-corrected chi connectivity index (χ1v) is 11.5. The molecule has 1 amide bonds. The van der Waals surface area contributed by atoms with Gasteiger partial charge < -0.3 is 19.5 Å². The molecule has 1 aliphatic carbocycles. The van der Waals surface area contributed by atoms with Gasteiger partial charge in [0.1, 0.15) is 17.3 Å². The van der Waals surface area contributed by atoms with E-state index in [-0.39, 0.29) is 23.3 Å². The third-order valence-corrected chi connectivity index (χ3v) is 6.76. The Morgan fingerprint density at radius 2 is 1.67 bits per heavy atom. The summed E-state index contributed by atoms with van der Waals surface area (Å²) in [5, 5.41) is 11.4. The van der Waals surface area contributed by atoms with Crippen LogP contribution >= 0.6 is 0 Å². The zero-order chi connectivity index (χ0) is 23.7. The molecule has 1 heterocycles. The fraction of sp³-hybridized carbons (Fsp3) is 0.407. The minimum Gasteiger partial charge on any atom is -0.507 e. The van der Waals surface area contributed by atoms with Crippen LogP contribution in [0.5, 0.6) is 11.5 Å². The van der Waals surface area contributed by atoms with Crippen molar-refractivity contribution in [2.45, 2.75) is 57.5 Å². The highest BCUT2D eigenvalue weighted by molar-refractivity contribution is 6.46. The molecule has 2 aliphatic rings. The predicted octanol–water partition coefficient (Wildman–Crippen LogP) is 5.19. The molecule has 2 aromatic carbocycles. The summed E-state index contributed by atoms with van der Waals surface area (Å²) in [5.41, 5.74) is 2.21. The first-order valence-electron chi connectivity index (χ1n) is 11.5. The van der Waals surface area contributed by atoms with Crippen molar-refractivity contribution in [2.75, 3.05) is 14.2 Å². The lowest BCUT2D eigenvalue weighted by atomic mass is 9.92. The number of para-hydroxylation sites is 1. The number of amides is 1. The van der Waals surface area contributed by atoms with Gasteiger partial charge >= 0.3 is 0 Å². The number of carbonyl (C=O) groups is 2. The van der Waals surface area contributed by atoms with E-state index in [0.29, 0.717) is 22.6 Å². The largest absolute Gasteiger partial charge is 0.507 e. The summed E-state index contributed by atoms with van der Waals surface area (Å²) in [6.45, 7) is 4.07. The second-order valence-corrected chi connectivity index (χ2v) is 9.00. The molecule has 6 heteroatoms. The molecule has 1 unspecified atom stereocenters. The Labute approximate surface area is 194 Å². The van der Waals surface area contributed by atoms with Crippen LogP contribution in [-0.2, 0) is 9.59 Å². The monoisotopic (exact) mass is 449 g/mol. The minimum absolute atomic E-state index is 0.0382. The van der Waals surface area contributed by atoms with Crippen molar-refractivity contribution in [3.05, 3.63) is 64.7 Å². The van der Waals surface area contributed by atoms with E-state index in [1.165, 1.54) is 0 Å². The van der Waals surface area contributed by atoms with E-state index in [9.17, 15) is 14.7 Å². The SMILES string of the molecule is COc1ccc(/C(O)=C2\C(=O)C(=O)N(C3CCCC3)C2c2ccccc2OC)cc1C(C)C. The first-order chi connectivity index (χ1) is 15.9. The quantitative estimate of drug-likeness (QED) is 0.373. The molecule has 0 spiro atoms. The van der Waals surface area contributed by atoms with E-state index < -0.39 is 17.7 Å². The average Bonchev–Trinajstić information content (AvgIpc) is 3.44. The molecule has 2 fully saturated rings. The molecule has 2 aromatic rings. The minimum atomic E-state index is -0.700. The maximum Gasteiger partial charge on any atom is 0.295 e. The Bertz CT molecular complexity index is 1100. The third-order valence-electron chi connectivity index (χ3n) is 6.76. The van der Waals surface area contributed by atoms with E-state index in [1.54, 1.807) is 31.3 Å². The van der Waals surface area contributed by atoms with Crippen molar-refractivity contribution in [3.8, 4) is 11.5 Å². The molecule has 1 aliphatic heterocycles. The second-order valence-electron chi connectivity index (χ2n) is 9.00. The molecule has 1 saturated heterocycles. The van der Waals surface area contributed by atoms with Gasteiger partial charge in [-0.25, -0.2) is 0 Å². The van der Waals surface area contributed by atoms with Gasteiger partial charge in [0.2, 0.25) is 0 Å². The molecule has 0 bridgehead atoms. The van der Waals surface area contributed by atoms with Crippen LogP contribution in [0.15, 0.2) is 48.0 Å². The Balaban J connectivity index is 1.92. The van der Waals surface area contributed by atoms with E-state index in [4.69, 9.17) is 9.47 Å². The van der Waals surface area contributed by atoms with Crippen molar-refractivity contribution in [3.63, 3.8) is 0 Å². The van der Waals surface area contributed by atoms with E-state index in [2.05, 4.69) is 0 Å². The highest BCUT2D eigenvalue weighted by Gasteiger charge is 2.50. The van der Waals surface area contributed by atoms with E-state index in [1.807, 2.05) is 44.2 Å². The van der Waals surface area contributed by atoms with Crippen LogP contribution in [0.2, 0.25) is 0 Å². The van der Waals surface area contributed by atoms with Crippen LogP contribution in [0.4, 0.5) is 0 Å². The number of aliphatic hydroxyl groups is 1. The lowest BCUT2D eigenvalue weighted by molar-refractivity contribution is -0.141. The maximum atomic E-state index is 13.3. The molecular formula is C27H31NO5. The van der Waals surface area contributed by atoms with Crippen molar-refractivity contribution < 1.29 is 24.2 Å². The summed E-state index contributed by atoms with van der Waals surface area (Å²) in [7, 11) is 3.18. The standard InChI is InChI=1S/C27H31NO5/c1-16(2)20-15-17(13-14-22(20)33-4)25(29)23-24(19-11-7-8-12-21(19)32-3)28(27(31)26(23)30)18-9-5-6-10-18/h7-8,11-16,18,24,29H,5-6,9-10H2,1-4H3/b25-23+. The zero-order valence-corrected chi connectivity index (χ0v) is 19.6.